The zero-order valence-electron chi connectivity index (χ0n) is 15.7. The average molecular weight is 344 g/mol. The number of ketones is 1. The van der Waals surface area contributed by atoms with Gasteiger partial charge in [-0.2, -0.15) is 0 Å². The van der Waals surface area contributed by atoms with Gasteiger partial charge in [0.05, 0.1) is 12.2 Å². The summed E-state index contributed by atoms with van der Waals surface area (Å²) in [4.78, 5) is 28.1. The van der Waals surface area contributed by atoms with Crippen LogP contribution in [-0.4, -0.2) is 48.6 Å². The van der Waals surface area contributed by atoms with E-state index in [2.05, 4.69) is 11.0 Å². The van der Waals surface area contributed by atoms with Gasteiger partial charge >= 0.3 is 6.09 Å². The van der Waals surface area contributed by atoms with Gasteiger partial charge in [0.15, 0.2) is 0 Å². The van der Waals surface area contributed by atoms with Crippen LogP contribution in [0.4, 0.5) is 10.5 Å². The summed E-state index contributed by atoms with van der Waals surface area (Å²) in [5.74, 6) is 0.207. The number of amides is 1. The van der Waals surface area contributed by atoms with Crippen LogP contribution in [0.3, 0.4) is 0 Å². The molecule has 25 heavy (non-hydrogen) atoms. The van der Waals surface area contributed by atoms with Crippen molar-refractivity contribution >= 4 is 17.6 Å². The average Bonchev–Trinajstić information content (AvgIpc) is 2.83. The number of rotatable bonds is 2. The fourth-order valence-electron chi connectivity index (χ4n) is 3.99. The van der Waals surface area contributed by atoms with Gasteiger partial charge in [-0.15, -0.1) is 0 Å². The second kappa shape index (κ2) is 6.45. The Morgan fingerprint density at radius 1 is 1.16 bits per heavy atom. The Balaban J connectivity index is 1.82. The summed E-state index contributed by atoms with van der Waals surface area (Å²) in [5, 5.41) is 0. The highest BCUT2D eigenvalue weighted by atomic mass is 16.6. The molecule has 0 atom stereocenters. The first kappa shape index (κ1) is 17.9. The molecular formula is C20H28N2O3. The predicted molar refractivity (Wildman–Crippen MR) is 98.1 cm³/mol. The van der Waals surface area contributed by atoms with E-state index >= 15 is 0 Å². The van der Waals surface area contributed by atoms with Crippen LogP contribution in [0, 0.1) is 0 Å². The van der Waals surface area contributed by atoms with Crippen LogP contribution >= 0.6 is 0 Å². The molecule has 136 valence electrons. The van der Waals surface area contributed by atoms with Crippen LogP contribution in [0.2, 0.25) is 0 Å². The van der Waals surface area contributed by atoms with Gasteiger partial charge in [-0.1, -0.05) is 18.2 Å². The molecule has 1 aromatic carbocycles. The number of benzene rings is 1. The molecule has 1 spiro atoms. The van der Waals surface area contributed by atoms with Gasteiger partial charge in [0.1, 0.15) is 11.4 Å². The van der Waals surface area contributed by atoms with E-state index in [1.54, 1.807) is 11.8 Å². The van der Waals surface area contributed by atoms with E-state index in [-0.39, 0.29) is 17.3 Å². The molecule has 1 aromatic rings. The molecule has 1 fully saturated rings. The van der Waals surface area contributed by atoms with E-state index in [0.29, 0.717) is 13.1 Å². The molecule has 2 aliphatic heterocycles. The Labute approximate surface area is 149 Å². The van der Waals surface area contributed by atoms with Crippen LogP contribution in [0.5, 0.6) is 0 Å². The maximum Gasteiger partial charge on any atom is 0.414 e. The fraction of sp³-hybridized carbons (Fsp3) is 0.600. The van der Waals surface area contributed by atoms with Crippen LogP contribution in [0.1, 0.15) is 46.1 Å². The molecule has 2 heterocycles. The summed E-state index contributed by atoms with van der Waals surface area (Å²) >= 11 is 0. The molecule has 5 heteroatoms. The van der Waals surface area contributed by atoms with Gasteiger partial charge in [0, 0.05) is 12.0 Å². The van der Waals surface area contributed by atoms with E-state index in [1.807, 2.05) is 39.0 Å². The Morgan fingerprint density at radius 2 is 1.80 bits per heavy atom. The molecule has 0 N–H and O–H groups in total. The van der Waals surface area contributed by atoms with E-state index in [9.17, 15) is 9.59 Å². The number of nitrogens with zero attached hydrogens (tertiary/aromatic N) is 2. The highest BCUT2D eigenvalue weighted by Crippen LogP contribution is 2.47. The predicted octanol–water partition coefficient (Wildman–Crippen LogP) is 3.36. The largest absolute Gasteiger partial charge is 0.443 e. The lowest BCUT2D eigenvalue weighted by Gasteiger charge is -2.39. The highest BCUT2D eigenvalue weighted by molar-refractivity contribution is 5.91. The number of carbonyl (C=O) groups is 2. The first-order chi connectivity index (χ1) is 11.7. The monoisotopic (exact) mass is 344 g/mol. The molecule has 0 radical (unpaired) electrons. The molecule has 1 amide bonds. The van der Waals surface area contributed by atoms with Crippen molar-refractivity contribution in [1.29, 1.82) is 0 Å². The number of hydrogen-bond acceptors (Lipinski definition) is 4. The van der Waals surface area contributed by atoms with Gasteiger partial charge in [0.2, 0.25) is 0 Å². The van der Waals surface area contributed by atoms with Crippen LogP contribution in [-0.2, 0) is 14.9 Å². The third-order valence-corrected chi connectivity index (χ3v) is 5.10. The van der Waals surface area contributed by atoms with Gasteiger partial charge in [-0.3, -0.25) is 14.6 Å². The molecule has 0 aliphatic carbocycles. The highest BCUT2D eigenvalue weighted by Gasteiger charge is 2.47. The fourth-order valence-corrected chi connectivity index (χ4v) is 3.99. The van der Waals surface area contributed by atoms with E-state index in [0.717, 1.165) is 31.6 Å². The Hall–Kier alpha value is -1.88. The number of piperidine rings is 1. The van der Waals surface area contributed by atoms with E-state index < -0.39 is 5.60 Å². The van der Waals surface area contributed by atoms with Gasteiger partial charge in [0.25, 0.3) is 0 Å². The summed E-state index contributed by atoms with van der Waals surface area (Å²) < 4.78 is 5.62. The second-order valence-corrected chi connectivity index (χ2v) is 8.34. The summed E-state index contributed by atoms with van der Waals surface area (Å²) in [7, 11) is 0. The number of anilines is 1. The Kier molecular flexibility index (Phi) is 4.62. The molecule has 3 rings (SSSR count). The number of hydrogen-bond donors (Lipinski definition) is 0. The molecule has 1 saturated heterocycles. The molecule has 5 nitrogen and oxygen atoms in total. The maximum absolute atomic E-state index is 12.7. The normalized spacial score (nSPS) is 19.8. The number of likely N-dealkylation sites (tertiary alicyclic amines) is 1. The molecule has 0 aromatic heterocycles. The Morgan fingerprint density at radius 3 is 2.40 bits per heavy atom. The van der Waals surface area contributed by atoms with Crippen molar-refractivity contribution in [2.45, 2.75) is 51.6 Å². The third-order valence-electron chi connectivity index (χ3n) is 5.10. The van der Waals surface area contributed by atoms with Crippen LogP contribution < -0.4 is 4.90 Å². The number of ether oxygens (including phenoxy) is 1. The van der Waals surface area contributed by atoms with Gasteiger partial charge in [-0.05, 0) is 65.3 Å². The van der Waals surface area contributed by atoms with Crippen molar-refractivity contribution in [3.05, 3.63) is 29.8 Å². The SMILES string of the molecule is CC(=O)CN1CCC2(CC1)CN(C(=O)OC(C)(C)C)c1ccccc12. The minimum atomic E-state index is -0.507. The molecule has 0 saturated carbocycles. The van der Waals surface area contributed by atoms with E-state index in [1.165, 1.54) is 5.56 Å². The quantitative estimate of drug-likeness (QED) is 0.825. The summed E-state index contributed by atoms with van der Waals surface area (Å²) in [6, 6.07) is 8.16. The number of para-hydroxylation sites is 1. The topological polar surface area (TPSA) is 49.9 Å². The van der Waals surface area contributed by atoms with Crippen molar-refractivity contribution in [3.8, 4) is 0 Å². The lowest BCUT2D eigenvalue weighted by atomic mass is 9.74. The first-order valence-electron chi connectivity index (χ1n) is 9.02. The zero-order valence-corrected chi connectivity index (χ0v) is 15.7. The lowest BCUT2D eigenvalue weighted by molar-refractivity contribution is -0.118. The minimum Gasteiger partial charge on any atom is -0.443 e. The molecule has 0 unspecified atom stereocenters. The second-order valence-electron chi connectivity index (χ2n) is 8.34. The van der Waals surface area contributed by atoms with Crippen molar-refractivity contribution in [2.24, 2.45) is 0 Å². The smallest absolute Gasteiger partial charge is 0.414 e. The molecular weight excluding hydrogens is 316 g/mol. The number of Topliss-reactive ketones (excluding diaryl/α,β-unsaturated/α-hetero) is 1. The van der Waals surface area contributed by atoms with Crippen molar-refractivity contribution in [2.75, 3.05) is 31.1 Å². The third kappa shape index (κ3) is 3.71. The van der Waals surface area contributed by atoms with Crippen LogP contribution in [0.15, 0.2) is 24.3 Å². The standard InChI is InChI=1S/C20H28N2O3/c1-15(23)13-21-11-9-20(10-12-21)14-22(18(24)25-19(2,3)4)17-8-6-5-7-16(17)20/h5-8H,9-14H2,1-4H3. The van der Waals surface area contributed by atoms with Crippen molar-refractivity contribution < 1.29 is 14.3 Å². The summed E-state index contributed by atoms with van der Waals surface area (Å²) in [6.07, 6.45) is 1.63. The minimum absolute atomic E-state index is 0.0270. The zero-order chi connectivity index (χ0) is 18.2. The number of carbonyl (C=O) groups excluding carboxylic acids is 2. The Bertz CT molecular complexity index is 670. The molecule has 2 aliphatic rings. The first-order valence-corrected chi connectivity index (χ1v) is 9.02. The van der Waals surface area contributed by atoms with Gasteiger partial charge < -0.3 is 4.74 Å². The molecule has 0 bridgehead atoms. The van der Waals surface area contributed by atoms with Gasteiger partial charge in [-0.25, -0.2) is 4.79 Å². The number of fused-ring (bicyclic) bond motifs is 2. The maximum atomic E-state index is 12.7. The summed E-state index contributed by atoms with van der Waals surface area (Å²) in [5.41, 5.74) is 1.67. The van der Waals surface area contributed by atoms with Crippen molar-refractivity contribution in [1.82, 2.24) is 4.90 Å². The lowest BCUT2D eigenvalue weighted by Crippen LogP contribution is -2.47. The van der Waals surface area contributed by atoms with E-state index in [4.69, 9.17) is 4.74 Å². The van der Waals surface area contributed by atoms with Crippen LogP contribution in [0.25, 0.3) is 0 Å². The summed E-state index contributed by atoms with van der Waals surface area (Å²) in [6.45, 7) is 10.3. The van der Waals surface area contributed by atoms with Crippen molar-refractivity contribution in [3.63, 3.8) is 0 Å².